The van der Waals surface area contributed by atoms with E-state index in [0.29, 0.717) is 17.9 Å². The lowest BCUT2D eigenvalue weighted by atomic mass is 10.1. The van der Waals surface area contributed by atoms with Crippen molar-refractivity contribution in [2.75, 3.05) is 0 Å². The molecule has 0 aliphatic carbocycles. The molecule has 0 aliphatic rings. The van der Waals surface area contributed by atoms with Crippen LogP contribution in [-0.4, -0.2) is 35.2 Å². The fraction of sp³-hybridized carbons (Fsp3) is 0.174. The van der Waals surface area contributed by atoms with Crippen molar-refractivity contribution >= 4 is 21.1 Å². The molecule has 0 amide bonds. The Hall–Kier alpha value is -3.89. The maximum absolute atomic E-state index is 14.1. The second-order valence-electron chi connectivity index (χ2n) is 7.92. The highest BCUT2D eigenvalue weighted by Crippen LogP contribution is 2.35. The van der Waals surface area contributed by atoms with Gasteiger partial charge in [-0.1, -0.05) is 0 Å². The van der Waals surface area contributed by atoms with Gasteiger partial charge in [0.25, 0.3) is 0 Å². The molecule has 7 nitrogen and oxygen atoms in total. The number of hydrogen-bond acceptors (Lipinski definition) is 5. The van der Waals surface area contributed by atoms with E-state index in [2.05, 4.69) is 9.97 Å². The zero-order valence-corrected chi connectivity index (χ0v) is 19.4. The Morgan fingerprint density at radius 3 is 2.36 bits per heavy atom. The predicted molar refractivity (Wildman–Crippen MR) is 120 cm³/mol. The van der Waals surface area contributed by atoms with Gasteiger partial charge in [0.15, 0.2) is 11.6 Å². The van der Waals surface area contributed by atoms with Crippen LogP contribution in [0.15, 0.2) is 53.7 Å². The van der Waals surface area contributed by atoms with Gasteiger partial charge in [-0.05, 0) is 49.7 Å². The number of rotatable bonds is 5. The van der Waals surface area contributed by atoms with Crippen LogP contribution in [0.1, 0.15) is 18.1 Å². The van der Waals surface area contributed by atoms with Gasteiger partial charge in [0, 0.05) is 23.8 Å². The van der Waals surface area contributed by atoms with Gasteiger partial charge in [0.05, 0.1) is 22.6 Å². The highest BCUT2D eigenvalue weighted by Gasteiger charge is 2.39. The summed E-state index contributed by atoms with van der Waals surface area (Å²) in [6.07, 6.45) is -2.44. The first-order chi connectivity index (χ1) is 16.8. The lowest BCUT2D eigenvalue weighted by molar-refractivity contribution is -0.147. The van der Waals surface area contributed by atoms with Gasteiger partial charge in [-0.3, -0.25) is 9.55 Å². The first-order valence-corrected chi connectivity index (χ1v) is 11.7. The predicted octanol–water partition coefficient (Wildman–Crippen LogP) is 4.77. The number of aryl methyl sites for hydroxylation is 1. The van der Waals surface area contributed by atoms with Crippen molar-refractivity contribution in [3.63, 3.8) is 0 Å². The number of nitrogens with zero attached hydrogens (tertiary/aromatic N) is 4. The Labute approximate surface area is 201 Å². The molecule has 0 aliphatic heterocycles. The summed E-state index contributed by atoms with van der Waals surface area (Å²) >= 11 is 0. The van der Waals surface area contributed by atoms with Gasteiger partial charge in [-0.2, -0.15) is 23.2 Å². The molecule has 186 valence electrons. The quantitative estimate of drug-likeness (QED) is 0.381. The number of nitrogens with one attached hydrogen (secondary N) is 1. The standard InChI is InChI=1S/C23H16F5N5O2S/c1-12-7-16-17(9-29)21(33(22(16)31-10-12)14-3-5-18(24)19(25)8-14)20-6-4-15(11-30-20)36(34,35)32-13(2)23(26,27)28/h3-8,10-11,13,32H,1-2H3/t13-/m0/s1. The molecular weight excluding hydrogens is 505 g/mol. The van der Waals surface area contributed by atoms with Crippen LogP contribution in [0.5, 0.6) is 0 Å². The number of alkyl halides is 3. The van der Waals surface area contributed by atoms with E-state index in [9.17, 15) is 35.6 Å². The highest BCUT2D eigenvalue weighted by atomic mass is 32.2. The molecule has 3 heterocycles. The minimum atomic E-state index is -4.79. The van der Waals surface area contributed by atoms with Crippen molar-refractivity contribution in [2.24, 2.45) is 0 Å². The van der Waals surface area contributed by atoms with Crippen molar-refractivity contribution in [3.8, 4) is 23.1 Å². The zero-order chi connectivity index (χ0) is 26.4. The molecule has 0 saturated heterocycles. The smallest absolute Gasteiger partial charge is 0.291 e. The molecule has 13 heteroatoms. The first-order valence-electron chi connectivity index (χ1n) is 10.3. The van der Waals surface area contributed by atoms with Crippen molar-refractivity contribution in [1.82, 2.24) is 19.3 Å². The minimum Gasteiger partial charge on any atom is -0.291 e. The zero-order valence-electron chi connectivity index (χ0n) is 18.6. The molecule has 36 heavy (non-hydrogen) atoms. The van der Waals surface area contributed by atoms with Gasteiger partial charge in [0.2, 0.25) is 10.0 Å². The van der Waals surface area contributed by atoms with Crippen molar-refractivity contribution in [1.29, 1.82) is 5.26 Å². The Morgan fingerprint density at radius 1 is 1.06 bits per heavy atom. The van der Waals surface area contributed by atoms with Crippen LogP contribution in [0, 0.1) is 29.9 Å². The van der Waals surface area contributed by atoms with E-state index in [4.69, 9.17) is 0 Å². The maximum atomic E-state index is 14.1. The SMILES string of the molecule is Cc1cnc2c(c1)c(C#N)c(-c1ccc(S(=O)(=O)N[C@@H](C)C(F)(F)F)cn1)n2-c1ccc(F)c(F)c1. The molecule has 1 N–H and O–H groups in total. The van der Waals surface area contributed by atoms with Crippen LogP contribution < -0.4 is 4.72 Å². The Kier molecular flexibility index (Phi) is 6.27. The Morgan fingerprint density at radius 2 is 1.78 bits per heavy atom. The van der Waals surface area contributed by atoms with Crippen LogP contribution in [0.25, 0.3) is 28.1 Å². The summed E-state index contributed by atoms with van der Waals surface area (Å²) in [7, 11) is -4.57. The topological polar surface area (TPSA) is 101 Å². The van der Waals surface area contributed by atoms with Gasteiger partial charge in [0.1, 0.15) is 22.7 Å². The van der Waals surface area contributed by atoms with Crippen molar-refractivity contribution in [3.05, 3.63) is 71.6 Å². The van der Waals surface area contributed by atoms with Crippen LogP contribution in [0.3, 0.4) is 0 Å². The number of aromatic nitrogens is 3. The first kappa shape index (κ1) is 25.2. The number of halogens is 5. The second-order valence-corrected chi connectivity index (χ2v) is 9.63. The number of benzene rings is 1. The molecular formula is C23H16F5N5O2S. The van der Waals surface area contributed by atoms with Gasteiger partial charge in [-0.15, -0.1) is 0 Å². The summed E-state index contributed by atoms with van der Waals surface area (Å²) in [4.78, 5) is 7.86. The summed E-state index contributed by atoms with van der Waals surface area (Å²) < 4.78 is 93.8. The number of sulfonamides is 1. The molecule has 0 radical (unpaired) electrons. The third kappa shape index (κ3) is 4.52. The maximum Gasteiger partial charge on any atom is 0.404 e. The third-order valence-electron chi connectivity index (χ3n) is 5.33. The molecule has 0 unspecified atom stereocenters. The molecule has 1 aromatic carbocycles. The fourth-order valence-corrected chi connectivity index (χ4v) is 4.72. The van der Waals surface area contributed by atoms with E-state index >= 15 is 0 Å². The van der Waals surface area contributed by atoms with E-state index in [-0.39, 0.29) is 28.3 Å². The Balaban J connectivity index is 1.90. The normalized spacial score (nSPS) is 13.1. The molecule has 0 bridgehead atoms. The molecule has 0 spiro atoms. The summed E-state index contributed by atoms with van der Waals surface area (Å²) in [5.41, 5.74) is 1.31. The molecule has 4 rings (SSSR count). The molecule has 0 saturated carbocycles. The minimum absolute atomic E-state index is 0.0507. The summed E-state index contributed by atoms with van der Waals surface area (Å²) in [6.45, 7) is 2.41. The largest absolute Gasteiger partial charge is 0.404 e. The second kappa shape index (κ2) is 8.96. The monoisotopic (exact) mass is 521 g/mol. The van der Waals surface area contributed by atoms with Crippen LogP contribution >= 0.6 is 0 Å². The lowest BCUT2D eigenvalue weighted by Gasteiger charge is -2.17. The van der Waals surface area contributed by atoms with Crippen molar-refractivity contribution in [2.45, 2.75) is 31.0 Å². The number of hydrogen-bond donors (Lipinski definition) is 1. The average Bonchev–Trinajstić information content (AvgIpc) is 3.13. The summed E-state index contributed by atoms with van der Waals surface area (Å²) in [5, 5.41) is 10.3. The molecule has 1 atom stereocenters. The van der Waals surface area contributed by atoms with E-state index in [1.54, 1.807) is 13.0 Å². The number of nitriles is 1. The van der Waals surface area contributed by atoms with Gasteiger partial charge < -0.3 is 0 Å². The van der Waals surface area contributed by atoms with E-state index < -0.39 is 38.8 Å². The average molecular weight is 521 g/mol. The van der Waals surface area contributed by atoms with Crippen LogP contribution in [0.2, 0.25) is 0 Å². The number of fused-ring (bicyclic) bond motifs is 1. The third-order valence-corrected chi connectivity index (χ3v) is 6.86. The lowest BCUT2D eigenvalue weighted by Crippen LogP contribution is -2.42. The summed E-state index contributed by atoms with van der Waals surface area (Å²) in [6, 6.07) is 6.68. The van der Waals surface area contributed by atoms with E-state index in [0.717, 1.165) is 24.4 Å². The van der Waals surface area contributed by atoms with Crippen molar-refractivity contribution < 1.29 is 30.4 Å². The van der Waals surface area contributed by atoms with Crippen LogP contribution in [-0.2, 0) is 10.0 Å². The fourth-order valence-electron chi connectivity index (χ4n) is 3.55. The Bertz CT molecular complexity index is 1620. The van der Waals surface area contributed by atoms with Gasteiger partial charge >= 0.3 is 6.18 Å². The number of pyridine rings is 2. The van der Waals surface area contributed by atoms with Crippen LogP contribution in [0.4, 0.5) is 22.0 Å². The van der Waals surface area contributed by atoms with Gasteiger partial charge in [-0.25, -0.2) is 22.2 Å². The van der Waals surface area contributed by atoms with E-state index in [1.807, 2.05) is 6.07 Å². The highest BCUT2D eigenvalue weighted by molar-refractivity contribution is 7.89. The van der Waals surface area contributed by atoms with E-state index in [1.165, 1.54) is 27.6 Å². The molecule has 3 aromatic heterocycles. The summed E-state index contributed by atoms with van der Waals surface area (Å²) in [5.74, 6) is -2.24. The molecule has 4 aromatic rings. The molecule has 0 fully saturated rings.